The molecule has 9 heteroatoms. The van der Waals surface area contributed by atoms with Crippen molar-refractivity contribution < 1.29 is 24.1 Å². The highest BCUT2D eigenvalue weighted by Gasteiger charge is 2.53. The highest BCUT2D eigenvalue weighted by Crippen LogP contribution is 2.43. The van der Waals surface area contributed by atoms with Gasteiger partial charge in [0.15, 0.2) is 11.6 Å². The number of aliphatic hydroxyl groups excluding tert-OH is 1. The summed E-state index contributed by atoms with van der Waals surface area (Å²) in [6.07, 6.45) is 2.52. The third-order valence-corrected chi connectivity index (χ3v) is 7.63. The molecule has 5 rings (SSSR count). The zero-order valence-corrected chi connectivity index (χ0v) is 24.0. The summed E-state index contributed by atoms with van der Waals surface area (Å²) in [4.78, 5) is 19.2. The van der Waals surface area contributed by atoms with Gasteiger partial charge in [-0.2, -0.15) is 0 Å². The van der Waals surface area contributed by atoms with Gasteiger partial charge in [-0.25, -0.2) is 10.4 Å². The average molecular weight is 609 g/mol. The van der Waals surface area contributed by atoms with E-state index in [0.29, 0.717) is 42.8 Å². The van der Waals surface area contributed by atoms with Crippen LogP contribution >= 0.6 is 15.9 Å². The number of hydrogen-bond donors (Lipinski definition) is 3. The molecule has 3 N–H and O–H groups in total. The number of amides is 1. The molecule has 2 aliphatic rings. The molecule has 0 saturated heterocycles. The summed E-state index contributed by atoms with van der Waals surface area (Å²) >= 11 is 3.51. The summed E-state index contributed by atoms with van der Waals surface area (Å²) < 4.78 is 18.7. The van der Waals surface area contributed by atoms with Crippen LogP contribution < -0.4 is 20.3 Å². The smallest absolute Gasteiger partial charge is 0.266 e. The van der Waals surface area contributed by atoms with E-state index in [0.717, 1.165) is 27.7 Å². The van der Waals surface area contributed by atoms with Gasteiger partial charge in [0.05, 0.1) is 13.7 Å². The van der Waals surface area contributed by atoms with E-state index in [1.54, 1.807) is 7.11 Å². The first-order valence-electron chi connectivity index (χ1n) is 13.5. The Kier molecular flexibility index (Phi) is 9.04. The molecule has 0 spiro atoms. The molecule has 1 fully saturated rings. The monoisotopic (exact) mass is 607 g/mol. The highest BCUT2D eigenvalue weighted by molar-refractivity contribution is 9.10. The number of nitrogens with zero attached hydrogens (tertiary/aromatic N) is 1. The average Bonchev–Trinajstić information content (AvgIpc) is 3.73. The van der Waals surface area contributed by atoms with Gasteiger partial charge < -0.3 is 19.3 Å². The summed E-state index contributed by atoms with van der Waals surface area (Å²) in [6, 6.07) is 22.9. The van der Waals surface area contributed by atoms with Gasteiger partial charge in [0.2, 0.25) is 5.90 Å². The van der Waals surface area contributed by atoms with Gasteiger partial charge in [0.1, 0.15) is 11.5 Å². The highest BCUT2D eigenvalue weighted by atomic mass is 79.9. The fraction of sp³-hybridized carbons (Fsp3) is 0.355. The Morgan fingerprint density at radius 3 is 2.58 bits per heavy atom. The first-order valence-corrected chi connectivity index (χ1v) is 14.3. The number of hydrogen-bond acceptors (Lipinski definition) is 7. The lowest BCUT2D eigenvalue weighted by atomic mass is 9.82. The fourth-order valence-electron chi connectivity index (χ4n) is 4.71. The summed E-state index contributed by atoms with van der Waals surface area (Å²) in [5.74, 6) is 2.06. The molecule has 1 saturated carbocycles. The first kappa shape index (κ1) is 28.1. The Bertz CT molecular complexity index is 1330. The number of aliphatic imine (C=N–C) groups is 1. The quantitative estimate of drug-likeness (QED) is 0.191. The van der Waals surface area contributed by atoms with Crippen molar-refractivity contribution in [1.82, 2.24) is 10.9 Å². The van der Waals surface area contributed by atoms with Crippen LogP contribution in [0.1, 0.15) is 42.1 Å². The van der Waals surface area contributed by atoms with Crippen molar-refractivity contribution >= 4 is 27.7 Å². The number of nitrogens with one attached hydrogen (secondary N) is 2. The fourth-order valence-corrected chi connectivity index (χ4v) is 4.97. The van der Waals surface area contributed by atoms with Gasteiger partial charge in [-0.05, 0) is 78.4 Å². The number of halogens is 1. The second-order valence-corrected chi connectivity index (χ2v) is 11.1. The van der Waals surface area contributed by atoms with Crippen molar-refractivity contribution in [3.63, 3.8) is 0 Å². The lowest BCUT2D eigenvalue weighted by Crippen LogP contribution is -2.54. The van der Waals surface area contributed by atoms with E-state index in [1.807, 2.05) is 72.8 Å². The van der Waals surface area contributed by atoms with Crippen LogP contribution in [0, 0.1) is 5.92 Å². The minimum atomic E-state index is -1.29. The summed E-state index contributed by atoms with van der Waals surface area (Å²) in [5, 5.41) is 9.02. The van der Waals surface area contributed by atoms with Crippen LogP contribution in [0.2, 0.25) is 0 Å². The van der Waals surface area contributed by atoms with Crippen molar-refractivity contribution in [3.8, 4) is 11.5 Å². The summed E-state index contributed by atoms with van der Waals surface area (Å²) in [6.45, 7) is 1.22. The molecule has 0 bridgehead atoms. The van der Waals surface area contributed by atoms with Crippen LogP contribution in [0.4, 0.5) is 0 Å². The molecule has 1 aliphatic heterocycles. The Balaban J connectivity index is 1.53. The first-order chi connectivity index (χ1) is 19.5. The van der Waals surface area contributed by atoms with Crippen LogP contribution in [0.25, 0.3) is 0 Å². The Morgan fingerprint density at radius 1 is 1.10 bits per heavy atom. The van der Waals surface area contributed by atoms with Crippen molar-refractivity contribution in [2.45, 2.75) is 37.3 Å². The van der Waals surface area contributed by atoms with Crippen LogP contribution in [0.15, 0.2) is 82.3 Å². The number of rotatable bonds is 13. The van der Waals surface area contributed by atoms with Crippen LogP contribution in [-0.4, -0.2) is 49.3 Å². The molecule has 210 valence electrons. The molecular weight excluding hydrogens is 574 g/mol. The molecule has 3 aromatic rings. The normalized spacial score (nSPS) is 20.0. The van der Waals surface area contributed by atoms with E-state index < -0.39 is 11.6 Å². The number of aliphatic hydroxyl groups is 1. The molecule has 8 nitrogen and oxygen atoms in total. The van der Waals surface area contributed by atoms with Crippen LogP contribution in [0.3, 0.4) is 0 Å². The largest absolute Gasteiger partial charge is 0.497 e. The molecule has 2 atom stereocenters. The lowest BCUT2D eigenvalue weighted by molar-refractivity contribution is -0.130. The third-order valence-electron chi connectivity index (χ3n) is 7.10. The van der Waals surface area contributed by atoms with E-state index in [1.165, 1.54) is 12.8 Å². The molecule has 3 aromatic carbocycles. The van der Waals surface area contributed by atoms with Crippen LogP contribution in [-0.2, 0) is 16.0 Å². The minimum absolute atomic E-state index is 0.0758. The molecule has 40 heavy (non-hydrogen) atoms. The molecule has 0 aromatic heterocycles. The second-order valence-electron chi connectivity index (χ2n) is 10.1. The standard InChI is InChI=1S/C31H34BrN3O5/c1-38-27-5-2-4-24(18-27)28-31(19-21-8-12-25(32)13-9-21,30(37)35-33-20-22-6-7-22)34-29(40-28)23-10-14-26(15-11-23)39-17-3-16-36/h2,4-5,8-15,18,22,28,33,36H,3,6-7,16-17,19-20H2,1H3,(H,35,37)/t28-,31-/m0/s1. The van der Waals surface area contributed by atoms with E-state index in [9.17, 15) is 4.79 Å². The van der Waals surface area contributed by atoms with Crippen molar-refractivity contribution in [2.24, 2.45) is 10.9 Å². The van der Waals surface area contributed by atoms with Crippen molar-refractivity contribution in [2.75, 3.05) is 26.9 Å². The lowest BCUT2D eigenvalue weighted by Gasteiger charge is -2.31. The molecule has 1 aliphatic carbocycles. The molecule has 1 heterocycles. The molecule has 0 unspecified atom stereocenters. The van der Waals surface area contributed by atoms with E-state index >= 15 is 0 Å². The van der Waals surface area contributed by atoms with Crippen LogP contribution in [0.5, 0.6) is 11.5 Å². The van der Waals surface area contributed by atoms with Gasteiger partial charge in [0, 0.05) is 36.0 Å². The third kappa shape index (κ3) is 6.66. The number of ether oxygens (including phenoxy) is 3. The number of methoxy groups -OCH3 is 1. The summed E-state index contributed by atoms with van der Waals surface area (Å²) in [5.41, 5.74) is 7.27. The molecule has 1 amide bonds. The van der Waals surface area contributed by atoms with Gasteiger partial charge in [-0.15, -0.1) is 0 Å². The van der Waals surface area contributed by atoms with Gasteiger partial charge in [-0.1, -0.05) is 40.2 Å². The van der Waals surface area contributed by atoms with Crippen molar-refractivity contribution in [1.29, 1.82) is 0 Å². The topological polar surface area (TPSA) is 101 Å². The predicted molar refractivity (Wildman–Crippen MR) is 156 cm³/mol. The number of carbonyl (C=O) groups excluding carboxylic acids is 1. The number of hydrazine groups is 1. The van der Waals surface area contributed by atoms with Gasteiger partial charge in [0.25, 0.3) is 5.91 Å². The minimum Gasteiger partial charge on any atom is -0.497 e. The van der Waals surface area contributed by atoms with Gasteiger partial charge in [-0.3, -0.25) is 10.2 Å². The zero-order valence-electron chi connectivity index (χ0n) is 22.4. The van der Waals surface area contributed by atoms with E-state index in [4.69, 9.17) is 24.3 Å². The zero-order chi connectivity index (χ0) is 28.0. The second kappa shape index (κ2) is 12.8. The Hall–Kier alpha value is -3.40. The molecule has 0 radical (unpaired) electrons. The van der Waals surface area contributed by atoms with E-state index in [-0.39, 0.29) is 12.5 Å². The Labute approximate surface area is 242 Å². The Morgan fingerprint density at radius 2 is 1.88 bits per heavy atom. The van der Waals surface area contributed by atoms with E-state index in [2.05, 4.69) is 26.8 Å². The van der Waals surface area contributed by atoms with Crippen molar-refractivity contribution in [3.05, 3.63) is 94.0 Å². The van der Waals surface area contributed by atoms with Gasteiger partial charge >= 0.3 is 0 Å². The number of benzene rings is 3. The molecular formula is C31H34BrN3O5. The maximum Gasteiger partial charge on any atom is 0.266 e. The SMILES string of the molecule is COc1cccc([C@@H]2OC(c3ccc(OCCCO)cc3)=N[C@]2(Cc2ccc(Br)cc2)C(=O)NNCC2CC2)c1. The summed E-state index contributed by atoms with van der Waals surface area (Å²) in [7, 11) is 1.62. The maximum absolute atomic E-state index is 14.1. The maximum atomic E-state index is 14.1. The number of carbonyl (C=O) groups is 1. The predicted octanol–water partition coefficient (Wildman–Crippen LogP) is 4.75.